The van der Waals surface area contributed by atoms with Gasteiger partial charge in [-0.15, -0.1) is 0 Å². The Kier molecular flexibility index (Phi) is 6.68. The summed E-state index contributed by atoms with van der Waals surface area (Å²) < 4.78 is 0.0297. The SMILES string of the molecule is S=P(c1ccccc1)(c1ccccc1)C(S)P(c1ccccc1)c1ccccc1. The third kappa shape index (κ3) is 4.27. The van der Waals surface area contributed by atoms with Crippen LogP contribution < -0.4 is 21.2 Å². The Morgan fingerprint density at radius 3 is 1.21 bits per heavy atom. The summed E-state index contributed by atoms with van der Waals surface area (Å²) in [5.41, 5.74) is 0. The van der Waals surface area contributed by atoms with E-state index in [4.69, 9.17) is 24.4 Å². The van der Waals surface area contributed by atoms with Crippen LogP contribution in [0.25, 0.3) is 0 Å². The van der Waals surface area contributed by atoms with Crippen LogP contribution in [0.1, 0.15) is 0 Å². The molecule has 0 fully saturated rings. The quantitative estimate of drug-likeness (QED) is 0.302. The third-order valence-electron chi connectivity index (χ3n) is 4.90. The predicted molar refractivity (Wildman–Crippen MR) is 138 cm³/mol. The predicted octanol–water partition coefficient (Wildman–Crippen LogP) is 5.46. The zero-order valence-electron chi connectivity index (χ0n) is 15.9. The first-order valence-corrected chi connectivity index (χ1v) is 14.3. The minimum Gasteiger partial charge on any atom is -0.164 e. The van der Waals surface area contributed by atoms with Gasteiger partial charge in [0.1, 0.15) is 0 Å². The highest BCUT2D eigenvalue weighted by Gasteiger charge is 2.36. The van der Waals surface area contributed by atoms with E-state index in [1.807, 2.05) is 0 Å². The number of hydrogen-bond donors (Lipinski definition) is 1. The van der Waals surface area contributed by atoms with Crippen molar-refractivity contribution in [3.05, 3.63) is 121 Å². The van der Waals surface area contributed by atoms with Gasteiger partial charge in [-0.05, 0) is 29.1 Å². The molecule has 0 spiro atoms. The fourth-order valence-electron chi connectivity index (χ4n) is 3.47. The van der Waals surface area contributed by atoms with Gasteiger partial charge in [0.25, 0.3) is 0 Å². The maximum Gasteiger partial charge on any atom is 0.0663 e. The van der Waals surface area contributed by atoms with Crippen LogP contribution >= 0.6 is 26.6 Å². The Hall–Kier alpha value is -1.69. The van der Waals surface area contributed by atoms with E-state index in [1.165, 1.54) is 21.2 Å². The van der Waals surface area contributed by atoms with E-state index in [0.717, 1.165) is 0 Å². The summed E-state index contributed by atoms with van der Waals surface area (Å²) in [5.74, 6) is 0. The van der Waals surface area contributed by atoms with Crippen LogP contribution in [0, 0.1) is 0 Å². The summed E-state index contributed by atoms with van der Waals surface area (Å²) in [6.07, 6.45) is 0. The lowest BCUT2D eigenvalue weighted by Crippen LogP contribution is -2.27. The number of benzene rings is 4. The topological polar surface area (TPSA) is 0 Å². The summed E-state index contributed by atoms with van der Waals surface area (Å²) in [6, 6.07) is 40.5. The molecule has 29 heavy (non-hydrogen) atoms. The first-order valence-electron chi connectivity index (χ1n) is 9.49. The second-order valence-corrected chi connectivity index (χ2v) is 15.3. The van der Waals surface area contributed by atoms with Crippen LogP contribution in [0.2, 0.25) is 0 Å². The molecule has 144 valence electrons. The van der Waals surface area contributed by atoms with E-state index >= 15 is 0 Å². The Morgan fingerprint density at radius 2 is 0.862 bits per heavy atom. The van der Waals surface area contributed by atoms with E-state index in [1.54, 1.807) is 0 Å². The molecular formula is C25H22P2S2. The van der Waals surface area contributed by atoms with E-state index in [-0.39, 0.29) is 4.73 Å². The van der Waals surface area contributed by atoms with Crippen LogP contribution in [-0.4, -0.2) is 4.73 Å². The lowest BCUT2D eigenvalue weighted by Gasteiger charge is -2.35. The van der Waals surface area contributed by atoms with Crippen molar-refractivity contribution >= 4 is 59.6 Å². The van der Waals surface area contributed by atoms with Gasteiger partial charge in [-0.1, -0.05) is 133 Å². The number of rotatable bonds is 6. The minimum atomic E-state index is -2.18. The lowest BCUT2D eigenvalue weighted by molar-refractivity contribution is 1.71. The maximum absolute atomic E-state index is 6.58. The van der Waals surface area contributed by atoms with Gasteiger partial charge in [-0.3, -0.25) is 0 Å². The summed E-state index contributed by atoms with van der Waals surface area (Å²) in [5, 5.41) is 5.07. The molecule has 1 unspecified atom stereocenters. The monoisotopic (exact) mass is 448 g/mol. The van der Waals surface area contributed by atoms with Crippen LogP contribution in [0.3, 0.4) is 0 Å². The normalized spacial score (nSPS) is 12.6. The Balaban J connectivity index is 1.92. The number of thiol groups is 1. The van der Waals surface area contributed by atoms with Crippen molar-refractivity contribution in [3.8, 4) is 0 Å². The van der Waals surface area contributed by atoms with Crippen molar-refractivity contribution in [2.75, 3.05) is 0 Å². The van der Waals surface area contributed by atoms with Crippen molar-refractivity contribution in [3.63, 3.8) is 0 Å². The molecule has 0 aromatic heterocycles. The molecule has 0 saturated carbocycles. The molecule has 0 nitrogen and oxygen atoms in total. The van der Waals surface area contributed by atoms with Crippen LogP contribution in [0.4, 0.5) is 0 Å². The zero-order chi connectivity index (χ0) is 20.1. The van der Waals surface area contributed by atoms with Gasteiger partial charge in [0.2, 0.25) is 0 Å². The van der Waals surface area contributed by atoms with Crippen LogP contribution in [0.5, 0.6) is 0 Å². The van der Waals surface area contributed by atoms with E-state index < -0.39 is 14.0 Å². The highest BCUT2D eigenvalue weighted by atomic mass is 32.4. The number of hydrogen-bond acceptors (Lipinski definition) is 2. The van der Waals surface area contributed by atoms with Crippen molar-refractivity contribution in [1.29, 1.82) is 0 Å². The summed E-state index contributed by atoms with van der Waals surface area (Å²) in [4.78, 5) is 0. The third-order valence-corrected chi connectivity index (χ3v) is 16.2. The largest absolute Gasteiger partial charge is 0.164 e. The molecule has 0 radical (unpaired) electrons. The smallest absolute Gasteiger partial charge is 0.0663 e. The molecule has 0 saturated heterocycles. The Bertz CT molecular complexity index is 1000. The fourth-order valence-corrected chi connectivity index (χ4v) is 13.4. The first-order chi connectivity index (χ1) is 14.2. The van der Waals surface area contributed by atoms with Crippen molar-refractivity contribution in [1.82, 2.24) is 0 Å². The average Bonchev–Trinajstić information content (AvgIpc) is 2.81. The summed E-state index contributed by atoms with van der Waals surface area (Å²) in [6.45, 7) is 0. The van der Waals surface area contributed by atoms with Crippen LogP contribution in [0.15, 0.2) is 121 Å². The van der Waals surface area contributed by atoms with Gasteiger partial charge in [-0.25, -0.2) is 0 Å². The van der Waals surface area contributed by atoms with Gasteiger partial charge in [0.05, 0.1) is 4.73 Å². The summed E-state index contributed by atoms with van der Waals surface area (Å²) >= 11 is 11.9. The molecule has 0 N–H and O–H groups in total. The lowest BCUT2D eigenvalue weighted by atomic mass is 10.4. The zero-order valence-corrected chi connectivity index (χ0v) is 19.4. The Labute approximate surface area is 185 Å². The molecular weight excluding hydrogens is 426 g/mol. The van der Waals surface area contributed by atoms with Crippen LogP contribution in [-0.2, 0) is 11.8 Å². The average molecular weight is 449 g/mol. The Morgan fingerprint density at radius 1 is 0.552 bits per heavy atom. The molecule has 0 aliphatic carbocycles. The van der Waals surface area contributed by atoms with Gasteiger partial charge in [0, 0.05) is 6.04 Å². The molecule has 0 aliphatic heterocycles. The van der Waals surface area contributed by atoms with E-state index in [2.05, 4.69) is 121 Å². The molecule has 4 rings (SSSR count). The molecule has 4 aromatic rings. The second kappa shape index (κ2) is 9.41. The fraction of sp³-hybridized carbons (Fsp3) is 0.0400. The molecule has 0 aliphatic rings. The molecule has 0 amide bonds. The molecule has 0 bridgehead atoms. The molecule has 1 atom stereocenters. The van der Waals surface area contributed by atoms with Crippen molar-refractivity contribution in [2.45, 2.75) is 4.73 Å². The first kappa shape index (κ1) is 20.6. The van der Waals surface area contributed by atoms with Crippen molar-refractivity contribution in [2.24, 2.45) is 0 Å². The van der Waals surface area contributed by atoms with E-state index in [0.29, 0.717) is 0 Å². The van der Waals surface area contributed by atoms with Crippen molar-refractivity contribution < 1.29 is 0 Å². The minimum absolute atomic E-state index is 0.0297. The summed E-state index contributed by atoms with van der Waals surface area (Å²) in [7, 11) is -0.738. The van der Waals surface area contributed by atoms with Gasteiger partial charge < -0.3 is 0 Å². The maximum atomic E-state index is 6.58. The molecule has 0 heterocycles. The molecule has 4 heteroatoms. The highest BCUT2D eigenvalue weighted by Crippen LogP contribution is 2.63. The standard InChI is InChI=1S/C25H22P2S2/c28-25(26(21-13-5-1-6-14-21)22-15-7-2-8-16-22)27(29,23-17-9-3-10-18-23)24-19-11-4-12-20-24/h1-20,25,28H. The van der Waals surface area contributed by atoms with E-state index in [9.17, 15) is 0 Å². The second-order valence-electron chi connectivity index (χ2n) is 6.72. The van der Waals surface area contributed by atoms with Gasteiger partial charge >= 0.3 is 0 Å². The van der Waals surface area contributed by atoms with Gasteiger partial charge in [-0.2, -0.15) is 12.6 Å². The van der Waals surface area contributed by atoms with Gasteiger partial charge in [0.15, 0.2) is 0 Å². The molecule has 4 aromatic carbocycles. The highest BCUT2D eigenvalue weighted by molar-refractivity contribution is 8.30.